The average Bonchev–Trinajstić information content (AvgIpc) is 3.70. The van der Waals surface area contributed by atoms with Crippen LogP contribution in [0.25, 0.3) is 78.7 Å². The van der Waals surface area contributed by atoms with Crippen LogP contribution in [0.1, 0.15) is 43.5 Å². The third kappa shape index (κ3) is 5.31. The van der Waals surface area contributed by atoms with Crippen molar-refractivity contribution in [3.05, 3.63) is 186 Å². The first kappa shape index (κ1) is 32.5. The summed E-state index contributed by atoms with van der Waals surface area (Å²) in [5.74, 6) is 2.06. The second-order valence-electron chi connectivity index (χ2n) is 14.4. The molecule has 0 fully saturated rings. The minimum absolute atomic E-state index is 0. The van der Waals surface area contributed by atoms with Gasteiger partial charge in [-0.05, 0) is 72.8 Å². The Balaban J connectivity index is 0.00000372. The van der Waals surface area contributed by atoms with E-state index in [9.17, 15) is 0 Å². The van der Waals surface area contributed by atoms with Crippen LogP contribution in [0.15, 0.2) is 164 Å². The third-order valence-electron chi connectivity index (χ3n) is 11.0. The van der Waals surface area contributed by atoms with E-state index in [0.717, 1.165) is 23.1 Å². The molecule has 8 aromatic rings. The molecular formula is C50H39N3. The Morgan fingerprint density at radius 3 is 1.55 bits per heavy atom. The quantitative estimate of drug-likeness (QED) is 0.181. The maximum absolute atomic E-state index is 5.26. The summed E-state index contributed by atoms with van der Waals surface area (Å²) in [6, 6.07) is 58.5. The fourth-order valence-electron chi connectivity index (χ4n) is 8.37. The van der Waals surface area contributed by atoms with Gasteiger partial charge >= 0.3 is 0 Å². The number of nitrogens with zero attached hydrogens (tertiary/aromatic N) is 3. The van der Waals surface area contributed by atoms with Crippen molar-refractivity contribution in [2.24, 2.45) is 0 Å². The minimum Gasteiger partial charge on any atom is -0.208 e. The Kier molecular flexibility index (Phi) is 7.74. The molecule has 10 rings (SSSR count). The second-order valence-corrected chi connectivity index (χ2v) is 14.4. The van der Waals surface area contributed by atoms with Gasteiger partial charge in [0.05, 0.1) is 0 Å². The molecule has 0 unspecified atom stereocenters. The molecule has 1 aromatic heterocycles. The van der Waals surface area contributed by atoms with E-state index >= 15 is 0 Å². The molecule has 0 saturated carbocycles. The van der Waals surface area contributed by atoms with Gasteiger partial charge in [-0.2, -0.15) is 0 Å². The number of hydrogen-bond donors (Lipinski definition) is 0. The van der Waals surface area contributed by atoms with E-state index in [-0.39, 0.29) is 12.8 Å². The fraction of sp³-hybridized carbons (Fsp3) is 0.100. The lowest BCUT2D eigenvalue weighted by atomic mass is 9.82. The molecule has 2 aliphatic rings. The topological polar surface area (TPSA) is 38.7 Å². The Morgan fingerprint density at radius 1 is 0.358 bits per heavy atom. The van der Waals surface area contributed by atoms with Crippen LogP contribution in [0.4, 0.5) is 0 Å². The highest BCUT2D eigenvalue weighted by Crippen LogP contribution is 2.50. The number of benzene rings is 7. The molecule has 0 spiro atoms. The lowest BCUT2D eigenvalue weighted by Gasteiger charge is -2.21. The number of hydrogen-bond acceptors (Lipinski definition) is 3. The van der Waals surface area contributed by atoms with E-state index in [0.29, 0.717) is 17.5 Å². The van der Waals surface area contributed by atoms with Gasteiger partial charge in [-0.3, -0.25) is 0 Å². The van der Waals surface area contributed by atoms with Crippen LogP contribution in [-0.4, -0.2) is 15.0 Å². The molecule has 3 nitrogen and oxygen atoms in total. The van der Waals surface area contributed by atoms with Crippen LogP contribution in [0.3, 0.4) is 0 Å². The minimum atomic E-state index is -0.119. The van der Waals surface area contributed by atoms with Crippen molar-refractivity contribution < 1.29 is 0 Å². The zero-order chi connectivity index (χ0) is 34.8. The highest BCUT2D eigenvalue weighted by Gasteiger charge is 2.35. The molecule has 2 aliphatic carbocycles. The molecule has 0 aliphatic heterocycles. The van der Waals surface area contributed by atoms with Crippen molar-refractivity contribution in [3.8, 4) is 78.7 Å². The average molecular weight is 682 g/mol. The lowest BCUT2D eigenvalue weighted by Crippen LogP contribution is -2.15. The summed E-state index contributed by atoms with van der Waals surface area (Å²) in [5, 5.41) is 0. The summed E-state index contributed by atoms with van der Waals surface area (Å²) in [5.41, 5.74) is 18.2. The van der Waals surface area contributed by atoms with Crippen LogP contribution >= 0.6 is 0 Å². The SMILES string of the molecule is C.CC1(C)c2ccccc2-c2ccc(-c3nc(-c4ccccc4)nc(-c4cccc5c4Cc4c(-c6ccc(-c7ccccc7)cc6)cccc4-5)n3)cc21. The molecular weight excluding hydrogens is 643 g/mol. The van der Waals surface area contributed by atoms with E-state index in [4.69, 9.17) is 15.0 Å². The number of aromatic nitrogens is 3. The summed E-state index contributed by atoms with van der Waals surface area (Å²) < 4.78 is 0. The van der Waals surface area contributed by atoms with Gasteiger partial charge in [0.2, 0.25) is 0 Å². The fourth-order valence-corrected chi connectivity index (χ4v) is 8.37. The van der Waals surface area contributed by atoms with Gasteiger partial charge in [0.1, 0.15) is 0 Å². The van der Waals surface area contributed by atoms with E-state index in [1.807, 2.05) is 18.2 Å². The molecule has 0 atom stereocenters. The number of fused-ring (bicyclic) bond motifs is 6. The van der Waals surface area contributed by atoms with Crippen molar-refractivity contribution in [3.63, 3.8) is 0 Å². The first-order chi connectivity index (χ1) is 25.5. The van der Waals surface area contributed by atoms with Crippen LogP contribution in [-0.2, 0) is 11.8 Å². The largest absolute Gasteiger partial charge is 0.208 e. The highest BCUT2D eigenvalue weighted by molar-refractivity contribution is 5.89. The van der Waals surface area contributed by atoms with Gasteiger partial charge in [-0.25, -0.2) is 15.0 Å². The second kappa shape index (κ2) is 12.6. The van der Waals surface area contributed by atoms with E-state index in [1.54, 1.807) is 0 Å². The summed E-state index contributed by atoms with van der Waals surface area (Å²) >= 11 is 0. The van der Waals surface area contributed by atoms with Crippen LogP contribution in [0.5, 0.6) is 0 Å². The molecule has 0 bridgehead atoms. The molecule has 0 N–H and O–H groups in total. The predicted octanol–water partition coefficient (Wildman–Crippen LogP) is 12.7. The van der Waals surface area contributed by atoms with Gasteiger partial charge in [0, 0.05) is 28.5 Å². The number of rotatable bonds is 5. The zero-order valence-corrected chi connectivity index (χ0v) is 29.1. The van der Waals surface area contributed by atoms with Crippen molar-refractivity contribution in [2.45, 2.75) is 33.1 Å². The van der Waals surface area contributed by atoms with Crippen molar-refractivity contribution >= 4 is 0 Å². The monoisotopic (exact) mass is 681 g/mol. The normalized spacial score (nSPS) is 13.0. The summed E-state index contributed by atoms with van der Waals surface area (Å²) in [6.45, 7) is 4.62. The van der Waals surface area contributed by atoms with E-state index in [1.165, 1.54) is 66.8 Å². The maximum Gasteiger partial charge on any atom is 0.164 e. The smallest absolute Gasteiger partial charge is 0.164 e. The van der Waals surface area contributed by atoms with Gasteiger partial charge in [0.15, 0.2) is 17.5 Å². The van der Waals surface area contributed by atoms with Crippen LogP contribution in [0, 0.1) is 0 Å². The van der Waals surface area contributed by atoms with E-state index in [2.05, 4.69) is 159 Å². The Bertz CT molecular complexity index is 2660. The standard InChI is InChI=1S/C49H35N3.CH4/c1-49(2)44-22-10-9-17-39(44)40-28-27-35(29-45(40)49)47-50-46(34-15-7-4-8-16-34)51-48(52-47)41-21-12-20-38-37-19-11-18-36(42(37)30-43(38)41)33-25-23-32(24-26-33)31-13-5-3-6-14-31;/h3-29H,30H2,1-2H3;1H4. The molecule has 7 aromatic carbocycles. The van der Waals surface area contributed by atoms with Crippen molar-refractivity contribution in [1.29, 1.82) is 0 Å². The lowest BCUT2D eigenvalue weighted by molar-refractivity contribution is 0.660. The Labute approximate surface area is 311 Å². The molecule has 53 heavy (non-hydrogen) atoms. The first-order valence-corrected chi connectivity index (χ1v) is 18.0. The summed E-state index contributed by atoms with van der Waals surface area (Å²) in [4.78, 5) is 15.5. The Morgan fingerprint density at radius 2 is 0.830 bits per heavy atom. The summed E-state index contributed by atoms with van der Waals surface area (Å²) in [7, 11) is 0. The zero-order valence-electron chi connectivity index (χ0n) is 29.1. The predicted molar refractivity (Wildman–Crippen MR) is 220 cm³/mol. The molecule has 254 valence electrons. The molecule has 0 radical (unpaired) electrons. The van der Waals surface area contributed by atoms with E-state index < -0.39 is 0 Å². The van der Waals surface area contributed by atoms with Crippen LogP contribution in [0.2, 0.25) is 0 Å². The molecule has 3 heteroatoms. The van der Waals surface area contributed by atoms with Gasteiger partial charge in [0.25, 0.3) is 0 Å². The van der Waals surface area contributed by atoms with Crippen LogP contribution < -0.4 is 0 Å². The maximum atomic E-state index is 5.26. The summed E-state index contributed by atoms with van der Waals surface area (Å²) in [6.07, 6.45) is 0.810. The Hall–Kier alpha value is -6.45. The molecule has 0 saturated heterocycles. The molecule has 0 amide bonds. The van der Waals surface area contributed by atoms with Gasteiger partial charge < -0.3 is 0 Å². The first-order valence-electron chi connectivity index (χ1n) is 18.0. The van der Waals surface area contributed by atoms with Crippen molar-refractivity contribution in [2.75, 3.05) is 0 Å². The van der Waals surface area contributed by atoms with Crippen molar-refractivity contribution in [1.82, 2.24) is 15.0 Å². The third-order valence-corrected chi connectivity index (χ3v) is 11.0. The van der Waals surface area contributed by atoms with Gasteiger partial charge in [-0.15, -0.1) is 0 Å². The highest BCUT2D eigenvalue weighted by atomic mass is 15.0. The molecule has 1 heterocycles. The van der Waals surface area contributed by atoms with Gasteiger partial charge in [-0.1, -0.05) is 179 Å².